The highest BCUT2D eigenvalue weighted by molar-refractivity contribution is 6.29. The average molecular weight is 520 g/mol. The summed E-state index contributed by atoms with van der Waals surface area (Å²) < 4.78 is 7.70. The molecule has 0 saturated heterocycles. The molecule has 0 unspecified atom stereocenters. The Morgan fingerprint density at radius 2 is 1.54 bits per heavy atom. The molecular weight excluding hydrogens is 486 g/mol. The van der Waals surface area contributed by atoms with Gasteiger partial charge in [-0.3, -0.25) is 0 Å². The molecule has 0 aliphatic heterocycles. The van der Waals surface area contributed by atoms with Crippen LogP contribution in [0.5, 0.6) is 0 Å². The van der Waals surface area contributed by atoms with Crippen molar-refractivity contribution < 1.29 is 9.53 Å². The number of anilines is 4. The fraction of sp³-hybridized carbons (Fsp3) is 0.345. The topological polar surface area (TPSA) is 63.5 Å². The third kappa shape index (κ3) is 5.72. The minimum absolute atomic E-state index is 0.00530. The fourth-order valence-electron chi connectivity index (χ4n) is 4.05. The zero-order valence-corrected chi connectivity index (χ0v) is 23.5. The molecule has 0 aliphatic carbocycles. The first-order valence-corrected chi connectivity index (χ1v) is 12.6. The van der Waals surface area contributed by atoms with E-state index < -0.39 is 11.7 Å². The summed E-state index contributed by atoms with van der Waals surface area (Å²) in [6, 6.07) is 17.7. The number of carbonyl (C=O) groups is 1. The molecule has 4 rings (SSSR count). The number of hydrogen-bond donors (Lipinski definition) is 0. The molecule has 2 heterocycles. The predicted molar refractivity (Wildman–Crippen MR) is 152 cm³/mol. The quantitative estimate of drug-likeness (QED) is 0.258. The lowest BCUT2D eigenvalue weighted by Gasteiger charge is -2.27. The minimum Gasteiger partial charge on any atom is -0.443 e. The van der Waals surface area contributed by atoms with Crippen molar-refractivity contribution in [1.82, 2.24) is 14.5 Å². The third-order valence-electron chi connectivity index (χ3n) is 6.09. The monoisotopic (exact) mass is 519 g/mol. The largest absolute Gasteiger partial charge is 0.443 e. The molecule has 194 valence electrons. The Bertz CT molecular complexity index is 1430. The van der Waals surface area contributed by atoms with Gasteiger partial charge in [-0.1, -0.05) is 44.5 Å². The van der Waals surface area contributed by atoms with Gasteiger partial charge >= 0.3 is 6.09 Å². The molecule has 0 aliphatic rings. The van der Waals surface area contributed by atoms with Crippen LogP contribution in [0.3, 0.4) is 0 Å². The van der Waals surface area contributed by atoms with Gasteiger partial charge in [0.2, 0.25) is 5.95 Å². The first-order valence-electron chi connectivity index (χ1n) is 12.2. The van der Waals surface area contributed by atoms with Crippen LogP contribution in [-0.4, -0.2) is 33.3 Å². The molecule has 4 aromatic rings. The van der Waals surface area contributed by atoms with Crippen LogP contribution >= 0.6 is 11.6 Å². The first kappa shape index (κ1) is 26.5. The number of halogens is 1. The molecule has 1 amide bonds. The van der Waals surface area contributed by atoms with Crippen LogP contribution in [0, 0.1) is 0 Å². The zero-order valence-electron chi connectivity index (χ0n) is 22.7. The van der Waals surface area contributed by atoms with Crippen molar-refractivity contribution in [1.29, 1.82) is 0 Å². The molecule has 0 spiro atoms. The van der Waals surface area contributed by atoms with E-state index in [9.17, 15) is 4.79 Å². The van der Waals surface area contributed by atoms with E-state index in [2.05, 4.69) is 25.8 Å². The van der Waals surface area contributed by atoms with Crippen LogP contribution in [0.15, 0.2) is 60.8 Å². The summed E-state index contributed by atoms with van der Waals surface area (Å²) in [6.07, 6.45) is 1.19. The predicted octanol–water partition coefficient (Wildman–Crippen LogP) is 7.76. The van der Waals surface area contributed by atoms with Gasteiger partial charge < -0.3 is 14.2 Å². The van der Waals surface area contributed by atoms with Gasteiger partial charge in [0.1, 0.15) is 10.8 Å². The van der Waals surface area contributed by atoms with Crippen molar-refractivity contribution in [2.45, 2.75) is 52.6 Å². The van der Waals surface area contributed by atoms with Crippen LogP contribution in [0.4, 0.5) is 27.8 Å². The van der Waals surface area contributed by atoms with E-state index in [0.29, 0.717) is 16.8 Å². The Balaban J connectivity index is 1.79. The maximum Gasteiger partial charge on any atom is 0.421 e. The third-order valence-corrected chi connectivity index (χ3v) is 6.30. The summed E-state index contributed by atoms with van der Waals surface area (Å²) in [7, 11) is 3.86. The number of aromatic nitrogens is 3. The summed E-state index contributed by atoms with van der Waals surface area (Å²) in [5.41, 5.74) is 4.67. The zero-order chi connectivity index (χ0) is 27.1. The highest BCUT2D eigenvalue weighted by Gasteiger charge is 2.29. The molecule has 0 N–H and O–H groups in total. The van der Waals surface area contributed by atoms with Gasteiger partial charge in [0.05, 0.1) is 16.7 Å². The molecule has 0 atom stereocenters. The van der Waals surface area contributed by atoms with Crippen molar-refractivity contribution in [3.63, 3.8) is 0 Å². The van der Waals surface area contributed by atoms with E-state index in [-0.39, 0.29) is 5.41 Å². The standard InChI is InChI=1S/C29H34ClN5O2/c1-28(2,3)19-9-11-20(12-10-19)35(27(36)37-29(4,5)6)26-32-23-17-21(13-14-24(23)34(26)8)33(7)22-15-16-31-25(30)18-22/h9-18H,1-8H3. The van der Waals surface area contributed by atoms with E-state index in [1.54, 1.807) is 12.3 Å². The first-order chi connectivity index (χ1) is 17.2. The van der Waals surface area contributed by atoms with Crippen molar-refractivity contribution in [3.05, 3.63) is 71.5 Å². The second kappa shape index (κ2) is 9.71. The molecular formula is C29H34ClN5O2. The number of amides is 1. The second-order valence-corrected chi connectivity index (χ2v) is 11.5. The Hall–Kier alpha value is -3.58. The Labute approximate surface area is 223 Å². The lowest BCUT2D eigenvalue weighted by atomic mass is 9.87. The number of ether oxygens (including phenoxy) is 1. The maximum absolute atomic E-state index is 13.5. The van der Waals surface area contributed by atoms with E-state index in [4.69, 9.17) is 21.3 Å². The van der Waals surface area contributed by atoms with Crippen LogP contribution in [0.25, 0.3) is 11.0 Å². The molecule has 0 saturated carbocycles. The molecule has 7 nitrogen and oxygen atoms in total. The Kier molecular flexibility index (Phi) is 6.95. The van der Waals surface area contributed by atoms with Gasteiger partial charge in [0, 0.05) is 31.7 Å². The fourth-order valence-corrected chi connectivity index (χ4v) is 4.22. The summed E-state index contributed by atoms with van der Waals surface area (Å²) in [5, 5.41) is 0.427. The molecule has 2 aromatic carbocycles. The van der Waals surface area contributed by atoms with Crippen molar-refractivity contribution in [2.24, 2.45) is 7.05 Å². The average Bonchev–Trinajstić information content (AvgIpc) is 3.12. The Morgan fingerprint density at radius 3 is 2.14 bits per heavy atom. The SMILES string of the molecule is CN(c1ccnc(Cl)c1)c1ccc2c(c1)nc(N(C(=O)OC(C)(C)C)c1ccc(C(C)(C)C)cc1)n2C. The summed E-state index contributed by atoms with van der Waals surface area (Å²) >= 11 is 6.10. The van der Waals surface area contributed by atoms with Gasteiger partial charge in [-0.15, -0.1) is 0 Å². The second-order valence-electron chi connectivity index (χ2n) is 11.2. The van der Waals surface area contributed by atoms with Crippen molar-refractivity contribution in [3.8, 4) is 0 Å². The smallest absolute Gasteiger partial charge is 0.421 e. The highest BCUT2D eigenvalue weighted by atomic mass is 35.5. The van der Waals surface area contributed by atoms with Gasteiger partial charge in [0.25, 0.3) is 0 Å². The van der Waals surface area contributed by atoms with Gasteiger partial charge in [0.15, 0.2) is 0 Å². The Morgan fingerprint density at radius 1 is 0.919 bits per heavy atom. The maximum atomic E-state index is 13.5. The minimum atomic E-state index is -0.660. The molecule has 0 fully saturated rings. The summed E-state index contributed by atoms with van der Waals surface area (Å²) in [4.78, 5) is 26.0. The molecule has 0 bridgehead atoms. The van der Waals surface area contributed by atoms with Crippen LogP contribution in [0.2, 0.25) is 5.15 Å². The number of benzene rings is 2. The number of fused-ring (bicyclic) bond motifs is 1. The summed E-state index contributed by atoms with van der Waals surface area (Å²) in [6.45, 7) is 12.0. The number of carbonyl (C=O) groups excluding carboxylic acids is 1. The summed E-state index contributed by atoms with van der Waals surface area (Å²) in [5.74, 6) is 0.472. The number of nitrogens with zero attached hydrogens (tertiary/aromatic N) is 5. The molecule has 0 radical (unpaired) electrons. The number of rotatable bonds is 4. The number of aryl methyl sites for hydroxylation is 1. The molecule has 37 heavy (non-hydrogen) atoms. The van der Waals surface area contributed by atoms with E-state index >= 15 is 0 Å². The van der Waals surface area contributed by atoms with E-state index in [0.717, 1.165) is 22.4 Å². The van der Waals surface area contributed by atoms with Gasteiger partial charge in [-0.2, -0.15) is 0 Å². The molecule has 8 heteroatoms. The lowest BCUT2D eigenvalue weighted by Crippen LogP contribution is -2.35. The van der Waals surface area contributed by atoms with Crippen molar-refractivity contribution >= 4 is 51.7 Å². The van der Waals surface area contributed by atoms with Crippen LogP contribution < -0.4 is 9.80 Å². The van der Waals surface area contributed by atoms with E-state index in [1.807, 2.05) is 92.9 Å². The van der Waals surface area contributed by atoms with Crippen LogP contribution in [-0.2, 0) is 17.2 Å². The van der Waals surface area contributed by atoms with E-state index in [1.165, 1.54) is 10.5 Å². The number of hydrogen-bond acceptors (Lipinski definition) is 5. The normalized spacial score (nSPS) is 12.0. The van der Waals surface area contributed by atoms with Crippen LogP contribution in [0.1, 0.15) is 47.1 Å². The lowest BCUT2D eigenvalue weighted by molar-refractivity contribution is 0.0596. The number of imidazole rings is 1. The molecule has 2 aromatic heterocycles. The highest BCUT2D eigenvalue weighted by Crippen LogP contribution is 2.34. The van der Waals surface area contributed by atoms with Gasteiger partial charge in [-0.25, -0.2) is 19.7 Å². The number of pyridine rings is 1. The van der Waals surface area contributed by atoms with Crippen molar-refractivity contribution in [2.75, 3.05) is 16.8 Å². The van der Waals surface area contributed by atoms with Gasteiger partial charge in [-0.05, 0) is 74.2 Å².